The van der Waals surface area contributed by atoms with Gasteiger partial charge in [-0.3, -0.25) is 0 Å². The van der Waals surface area contributed by atoms with Crippen molar-refractivity contribution in [3.05, 3.63) is 54.0 Å². The minimum Gasteiger partial charge on any atom is -0.343 e. The topological polar surface area (TPSA) is 0 Å². The van der Waals surface area contributed by atoms with Gasteiger partial charge in [-0.25, -0.2) is 4.39 Å². The van der Waals surface area contributed by atoms with Crippen molar-refractivity contribution >= 4 is 22.6 Å². The smallest absolute Gasteiger partial charge is 0.115 e. The van der Waals surface area contributed by atoms with Gasteiger partial charge in [0.1, 0.15) is 6.17 Å². The number of allylic oxidation sites excluding steroid dienone is 2. The van der Waals surface area contributed by atoms with E-state index in [4.69, 9.17) is 0 Å². The SMILES string of the molecule is [CH2-]CC/C=C\C[C@H]1CC(I)C(F)[C@@H]1CCc1c(C)cccc1C.[Y]. The summed E-state index contributed by atoms with van der Waals surface area (Å²) in [6.45, 7) is 8.20. The predicted molar refractivity (Wildman–Crippen MR) is 107 cm³/mol. The van der Waals surface area contributed by atoms with Crippen molar-refractivity contribution in [2.24, 2.45) is 11.8 Å². The quantitative estimate of drug-likeness (QED) is 0.167. The van der Waals surface area contributed by atoms with Gasteiger partial charge < -0.3 is 6.92 Å². The van der Waals surface area contributed by atoms with E-state index in [-0.39, 0.29) is 42.6 Å². The molecule has 1 aromatic carbocycles. The molecule has 3 heteroatoms. The molecule has 2 rings (SSSR count). The van der Waals surface area contributed by atoms with E-state index in [2.05, 4.69) is 73.7 Å². The molecule has 4 atom stereocenters. The molecule has 2 unspecified atom stereocenters. The Kier molecular flexibility index (Phi) is 10.9. The monoisotopic (exact) mass is 516 g/mol. The second kappa shape index (κ2) is 11.4. The van der Waals surface area contributed by atoms with E-state index >= 15 is 0 Å². The molecule has 0 N–H and O–H groups in total. The Labute approximate surface area is 186 Å². The van der Waals surface area contributed by atoms with Crippen molar-refractivity contribution in [1.29, 1.82) is 0 Å². The fraction of sp³-hybridized carbons (Fsp3) is 0.571. The Bertz CT molecular complexity index is 508. The first-order valence-electron chi connectivity index (χ1n) is 8.82. The average molecular weight is 516 g/mol. The van der Waals surface area contributed by atoms with Crippen molar-refractivity contribution in [3.8, 4) is 0 Å². The van der Waals surface area contributed by atoms with Crippen LogP contribution in [0, 0.1) is 32.6 Å². The van der Waals surface area contributed by atoms with E-state index in [0.717, 1.165) is 38.5 Å². The Morgan fingerprint density at radius 2 is 1.92 bits per heavy atom. The van der Waals surface area contributed by atoms with Crippen LogP contribution in [0.1, 0.15) is 48.8 Å². The van der Waals surface area contributed by atoms with E-state index < -0.39 is 6.17 Å². The van der Waals surface area contributed by atoms with Gasteiger partial charge in [0.25, 0.3) is 0 Å². The van der Waals surface area contributed by atoms with Crippen LogP contribution in [0.3, 0.4) is 0 Å². The first kappa shape index (κ1) is 22.8. The molecule has 131 valence electrons. The number of halogens is 2. The first-order valence-corrected chi connectivity index (χ1v) is 10.1. The van der Waals surface area contributed by atoms with Crippen molar-refractivity contribution in [3.63, 3.8) is 0 Å². The Morgan fingerprint density at radius 1 is 1.25 bits per heavy atom. The average Bonchev–Trinajstić information content (AvgIpc) is 2.78. The van der Waals surface area contributed by atoms with Gasteiger partial charge in [-0.2, -0.15) is 6.42 Å². The van der Waals surface area contributed by atoms with Gasteiger partial charge in [-0.05, 0) is 68.1 Å². The molecule has 24 heavy (non-hydrogen) atoms. The predicted octanol–water partition coefficient (Wildman–Crippen LogP) is 6.57. The molecule has 0 amide bonds. The molecule has 0 nitrogen and oxygen atoms in total. The van der Waals surface area contributed by atoms with Crippen LogP contribution in [-0.4, -0.2) is 10.1 Å². The van der Waals surface area contributed by atoms with Gasteiger partial charge in [-0.15, -0.1) is 0 Å². The Hall–Kier alpha value is 0.724. The largest absolute Gasteiger partial charge is 0.343 e. The van der Waals surface area contributed by atoms with Gasteiger partial charge >= 0.3 is 0 Å². The zero-order valence-corrected chi connectivity index (χ0v) is 20.0. The normalized spacial score (nSPS) is 26.7. The van der Waals surface area contributed by atoms with E-state index in [0.29, 0.717) is 5.92 Å². The minimum absolute atomic E-state index is 0. The van der Waals surface area contributed by atoms with Crippen LogP contribution in [0.2, 0.25) is 0 Å². The molecule has 0 heterocycles. The summed E-state index contributed by atoms with van der Waals surface area (Å²) in [5, 5.41) is 0. The zero-order valence-electron chi connectivity index (χ0n) is 15.0. The van der Waals surface area contributed by atoms with Crippen LogP contribution < -0.4 is 0 Å². The molecular weight excluding hydrogens is 487 g/mol. The molecular formula is C21H29FIY-. The maximum Gasteiger partial charge on any atom is 0.115 e. The van der Waals surface area contributed by atoms with Crippen LogP contribution >= 0.6 is 22.6 Å². The standard InChI is InChI=1S/C21H29FI.Y/c1-4-5-6-7-11-17-14-20(23)21(22)19(17)13-12-18-15(2)9-8-10-16(18)3;/h6-10,17,19-21H,1,4-5,11-14H2,2-3H3;/q-1;/b7-6-;/t17-,19+,20?,21?;/m0./s1. The third kappa shape index (κ3) is 6.16. The van der Waals surface area contributed by atoms with Gasteiger partial charge in [0, 0.05) is 36.6 Å². The Morgan fingerprint density at radius 3 is 2.54 bits per heavy atom. The molecule has 1 aliphatic carbocycles. The van der Waals surface area contributed by atoms with Crippen LogP contribution in [-0.2, 0) is 39.1 Å². The number of hydrogen-bond donors (Lipinski definition) is 0. The second-order valence-electron chi connectivity index (χ2n) is 6.88. The molecule has 0 aliphatic heterocycles. The summed E-state index contributed by atoms with van der Waals surface area (Å²) < 4.78 is 14.9. The molecule has 1 saturated carbocycles. The molecule has 1 radical (unpaired) electrons. The van der Waals surface area contributed by atoms with Crippen LogP contribution in [0.5, 0.6) is 0 Å². The summed E-state index contributed by atoms with van der Waals surface area (Å²) in [6.07, 6.45) is 9.82. The number of hydrogen-bond acceptors (Lipinski definition) is 0. The number of benzene rings is 1. The van der Waals surface area contributed by atoms with E-state index in [1.54, 1.807) is 0 Å². The summed E-state index contributed by atoms with van der Waals surface area (Å²) in [5.74, 6) is 0.706. The summed E-state index contributed by atoms with van der Waals surface area (Å²) in [4.78, 5) is 0. The number of rotatable bonds is 7. The van der Waals surface area contributed by atoms with Gasteiger partial charge in [0.15, 0.2) is 0 Å². The third-order valence-electron chi connectivity index (χ3n) is 5.24. The van der Waals surface area contributed by atoms with E-state index in [9.17, 15) is 4.39 Å². The maximum absolute atomic E-state index is 14.7. The summed E-state index contributed by atoms with van der Waals surface area (Å²) in [7, 11) is 0. The van der Waals surface area contributed by atoms with E-state index in [1.165, 1.54) is 16.7 Å². The van der Waals surface area contributed by atoms with Crippen molar-refractivity contribution in [2.75, 3.05) is 0 Å². The summed E-state index contributed by atoms with van der Waals surface area (Å²) in [5.41, 5.74) is 4.11. The van der Waals surface area contributed by atoms with Crippen LogP contribution in [0.15, 0.2) is 30.4 Å². The van der Waals surface area contributed by atoms with Crippen molar-refractivity contribution in [1.82, 2.24) is 0 Å². The summed E-state index contributed by atoms with van der Waals surface area (Å²) >= 11 is 2.32. The second-order valence-corrected chi connectivity index (χ2v) is 8.48. The molecule has 0 aromatic heterocycles. The molecule has 1 fully saturated rings. The van der Waals surface area contributed by atoms with Crippen LogP contribution in [0.4, 0.5) is 4.39 Å². The molecule has 0 saturated heterocycles. The molecule has 1 aliphatic rings. The fourth-order valence-electron chi connectivity index (χ4n) is 3.85. The van der Waals surface area contributed by atoms with Crippen LogP contribution in [0.25, 0.3) is 0 Å². The van der Waals surface area contributed by atoms with Gasteiger partial charge in [0.05, 0.1) is 0 Å². The number of alkyl halides is 2. The molecule has 0 spiro atoms. The first-order chi connectivity index (χ1) is 11.0. The number of unbranched alkanes of at least 4 members (excludes halogenated alkanes) is 1. The minimum atomic E-state index is -0.647. The number of aryl methyl sites for hydroxylation is 2. The van der Waals surface area contributed by atoms with Gasteiger partial charge in [-0.1, -0.05) is 59.4 Å². The molecule has 0 bridgehead atoms. The summed E-state index contributed by atoms with van der Waals surface area (Å²) in [6, 6.07) is 6.45. The zero-order chi connectivity index (χ0) is 16.8. The molecule has 1 aromatic rings. The maximum atomic E-state index is 14.7. The third-order valence-corrected chi connectivity index (χ3v) is 6.43. The van der Waals surface area contributed by atoms with Crippen molar-refractivity contribution in [2.45, 2.75) is 62.5 Å². The van der Waals surface area contributed by atoms with Crippen molar-refractivity contribution < 1.29 is 37.1 Å². The fourth-order valence-corrected chi connectivity index (χ4v) is 5.04. The van der Waals surface area contributed by atoms with E-state index in [1.807, 2.05) is 0 Å². The Balaban J connectivity index is 0.00000288. The van der Waals surface area contributed by atoms with Gasteiger partial charge in [0.2, 0.25) is 0 Å².